The maximum absolute atomic E-state index is 10.2. The van der Waals surface area contributed by atoms with Crippen LogP contribution in [-0.4, -0.2) is 21.9 Å². The molecule has 7 heteroatoms. The molecule has 0 unspecified atom stereocenters. The van der Waals surface area contributed by atoms with Gasteiger partial charge in [0.2, 0.25) is 0 Å². The minimum Gasteiger partial charge on any atom is -0.565 e. The summed E-state index contributed by atoms with van der Waals surface area (Å²) in [5.41, 5.74) is 8.90. The molecule has 0 spiro atoms. The van der Waals surface area contributed by atoms with Crippen molar-refractivity contribution in [2.75, 3.05) is 12.3 Å². The molecule has 0 bridgehead atoms. The summed E-state index contributed by atoms with van der Waals surface area (Å²) >= 11 is 0. The average molecular weight is 541 g/mol. The number of hydrogen-bond donors (Lipinski definition) is 2. The first-order valence-electron chi connectivity index (χ1n) is 6.97. The van der Waals surface area contributed by atoms with Crippen molar-refractivity contribution < 1.29 is 45.3 Å². The third-order valence-corrected chi connectivity index (χ3v) is 3.18. The molecule has 1 aliphatic rings. The van der Waals surface area contributed by atoms with Crippen molar-refractivity contribution in [3.05, 3.63) is 42.1 Å². The fraction of sp³-hybridized carbons (Fsp3) is 0.312. The van der Waals surface area contributed by atoms with Gasteiger partial charge in [0.05, 0.1) is 5.69 Å². The zero-order valence-electron chi connectivity index (χ0n) is 12.8. The van der Waals surface area contributed by atoms with Crippen LogP contribution in [0.15, 0.2) is 18.2 Å². The Kier molecular flexibility index (Phi) is 8.53. The third-order valence-electron chi connectivity index (χ3n) is 3.18. The molecule has 0 saturated carbocycles. The van der Waals surface area contributed by atoms with Crippen molar-refractivity contribution in [1.29, 1.82) is 0 Å². The molecule has 120 valence electrons. The molecular formula is C16H18FN3O2U. The van der Waals surface area contributed by atoms with E-state index in [-0.39, 0.29) is 36.9 Å². The molecule has 0 fully saturated rings. The van der Waals surface area contributed by atoms with Gasteiger partial charge in [-0.3, -0.25) is 0 Å². The van der Waals surface area contributed by atoms with Crippen LogP contribution in [0.5, 0.6) is 5.75 Å². The van der Waals surface area contributed by atoms with E-state index in [1.54, 1.807) is 0 Å². The van der Waals surface area contributed by atoms with Gasteiger partial charge in [0.15, 0.2) is 0 Å². The van der Waals surface area contributed by atoms with Crippen molar-refractivity contribution in [2.24, 2.45) is 0 Å². The number of anilines is 1. The van der Waals surface area contributed by atoms with Gasteiger partial charge in [-0.1, -0.05) is 5.56 Å². The number of aryl methyl sites for hydroxylation is 1. The number of aromatic nitrogens is 2. The van der Waals surface area contributed by atoms with Gasteiger partial charge in [0.25, 0.3) is 0 Å². The summed E-state index contributed by atoms with van der Waals surface area (Å²) < 4.78 is 15.8. The number of nitrogens with two attached hydrogens (primary N) is 1. The minimum atomic E-state index is 0. The summed E-state index contributed by atoms with van der Waals surface area (Å²) in [6.45, 7) is 2.93. The van der Waals surface area contributed by atoms with Crippen LogP contribution in [-0.2, 0) is 17.8 Å². The molecule has 0 atom stereocenters. The van der Waals surface area contributed by atoms with Gasteiger partial charge in [-0.15, -0.1) is 16.7 Å². The number of fused-ring (bicyclic) bond motifs is 3. The maximum Gasteiger partial charge on any atom is 2.00 e. The number of benzene rings is 1. The predicted molar refractivity (Wildman–Crippen MR) is 81.4 cm³/mol. The molecule has 0 aliphatic carbocycles. The summed E-state index contributed by atoms with van der Waals surface area (Å²) in [5, 5.41) is 18.2. The van der Waals surface area contributed by atoms with Crippen LogP contribution in [0.2, 0.25) is 0 Å². The Morgan fingerprint density at radius 3 is 2.83 bits per heavy atom. The number of hydrogen-bond acceptors (Lipinski definition) is 5. The molecule has 23 heavy (non-hydrogen) atoms. The van der Waals surface area contributed by atoms with Gasteiger partial charge >= 0.3 is 31.1 Å². The van der Waals surface area contributed by atoms with E-state index >= 15 is 0 Å². The van der Waals surface area contributed by atoms with Crippen LogP contribution < -0.4 is 5.73 Å². The zero-order chi connectivity index (χ0) is 15.9. The van der Waals surface area contributed by atoms with Crippen molar-refractivity contribution in [2.45, 2.75) is 26.4 Å². The Hall–Kier alpha value is -1.16. The van der Waals surface area contributed by atoms with Crippen molar-refractivity contribution in [3.63, 3.8) is 0 Å². The van der Waals surface area contributed by atoms with E-state index in [0.29, 0.717) is 37.0 Å². The molecule has 1 aliphatic heterocycles. The smallest absolute Gasteiger partial charge is 0.565 e. The molecule has 3 N–H and O–H groups in total. The summed E-state index contributed by atoms with van der Waals surface area (Å²) in [6.07, 6.45) is 1.68. The molecule has 0 saturated heterocycles. The monoisotopic (exact) mass is 541 g/mol. The average Bonchev–Trinajstić information content (AvgIpc) is 2.57. The van der Waals surface area contributed by atoms with Gasteiger partial charge in [0.1, 0.15) is 5.82 Å². The largest absolute Gasteiger partial charge is 2.00 e. The molecule has 0 radical (unpaired) electrons. The first kappa shape index (κ1) is 19.9. The first-order valence-corrected chi connectivity index (χ1v) is 6.97. The molecule has 2 aromatic rings. The number of ether oxygens (including phenoxy) is 1. The number of phenolic OH excluding ortho intramolecular Hbond substituents is 1. The number of rotatable bonds is 0. The second kappa shape index (κ2) is 9.86. The van der Waals surface area contributed by atoms with E-state index in [9.17, 15) is 9.50 Å². The second-order valence-electron chi connectivity index (χ2n) is 4.76. The molecule has 1 aromatic heterocycles. The summed E-state index contributed by atoms with van der Waals surface area (Å²) in [6, 6.07) is 8.04. The standard InChI is InChI=1S/C14H14N3O2.C2H4F.U/c15-12-7-9-4-2-6-19-8-10-3-1-5-11(18)13(10)14(9)17-16-12;1-2-3;/h3,5,7,18H,2,4,6,8H2,(H2,15,16);2H,1H3;/q2*-1;+2. The van der Waals surface area contributed by atoms with Crippen molar-refractivity contribution in [1.82, 2.24) is 10.2 Å². The maximum atomic E-state index is 10.2. The Bertz CT molecular complexity index is 641. The van der Waals surface area contributed by atoms with E-state index in [0.717, 1.165) is 24.0 Å². The fourth-order valence-corrected chi connectivity index (χ4v) is 2.31. The van der Waals surface area contributed by atoms with Crippen LogP contribution in [0.4, 0.5) is 10.2 Å². The molecule has 0 amide bonds. The normalized spacial score (nSPS) is 13.0. The number of phenols is 1. The Morgan fingerprint density at radius 1 is 1.35 bits per heavy atom. The van der Waals surface area contributed by atoms with Crippen LogP contribution in [0.25, 0.3) is 11.3 Å². The van der Waals surface area contributed by atoms with Crippen LogP contribution >= 0.6 is 0 Å². The molecule has 1 aromatic carbocycles. The van der Waals surface area contributed by atoms with Gasteiger partial charge < -0.3 is 20.0 Å². The number of nitrogen functional groups attached to an aromatic ring is 1. The number of halogens is 1. The number of aromatic hydroxyl groups is 1. The van der Waals surface area contributed by atoms with Crippen molar-refractivity contribution >= 4 is 5.82 Å². The molecule has 3 rings (SSSR count). The number of nitrogens with zero attached hydrogens (tertiary/aromatic N) is 2. The molecule has 2 heterocycles. The predicted octanol–water partition coefficient (Wildman–Crippen LogP) is 2.83. The SMILES string of the molecule is C[CH-]F.Nc1cc2c(nn1)-c1c(O)c[c-]cc1COCCC2.[U+2]. The first-order chi connectivity index (χ1) is 10.7. The summed E-state index contributed by atoms with van der Waals surface area (Å²) in [7, 11) is 0. The van der Waals surface area contributed by atoms with Crippen molar-refractivity contribution in [3.8, 4) is 17.0 Å². The van der Waals surface area contributed by atoms with Crippen LogP contribution in [0.3, 0.4) is 0 Å². The van der Waals surface area contributed by atoms with E-state index in [2.05, 4.69) is 16.3 Å². The summed E-state index contributed by atoms with van der Waals surface area (Å²) in [5.74, 6) is 0.533. The zero-order valence-corrected chi connectivity index (χ0v) is 17.0. The third kappa shape index (κ3) is 5.17. The van der Waals surface area contributed by atoms with E-state index < -0.39 is 0 Å². The Labute approximate surface area is 158 Å². The van der Waals surface area contributed by atoms with E-state index in [1.807, 2.05) is 12.1 Å². The Balaban J connectivity index is 0.000000615. The molecule has 5 nitrogen and oxygen atoms in total. The van der Waals surface area contributed by atoms with Gasteiger partial charge in [-0.2, -0.15) is 30.8 Å². The van der Waals surface area contributed by atoms with Crippen LogP contribution in [0.1, 0.15) is 24.5 Å². The second-order valence-corrected chi connectivity index (χ2v) is 4.76. The topological polar surface area (TPSA) is 81.3 Å². The van der Waals surface area contributed by atoms with E-state index in [4.69, 9.17) is 10.5 Å². The summed E-state index contributed by atoms with van der Waals surface area (Å²) in [4.78, 5) is 0. The quantitative estimate of drug-likeness (QED) is 0.502. The van der Waals surface area contributed by atoms with Gasteiger partial charge in [-0.05, 0) is 24.5 Å². The molecular weight excluding hydrogens is 523 g/mol. The van der Waals surface area contributed by atoms with Crippen LogP contribution in [0, 0.1) is 43.9 Å². The van der Waals surface area contributed by atoms with E-state index in [1.165, 1.54) is 13.0 Å². The minimum absolute atomic E-state index is 0. The Morgan fingerprint density at radius 2 is 2.09 bits per heavy atom. The van der Waals surface area contributed by atoms with Gasteiger partial charge in [-0.25, -0.2) is 0 Å². The van der Waals surface area contributed by atoms with Gasteiger partial charge in [0, 0.05) is 19.0 Å². The fourth-order valence-electron chi connectivity index (χ4n) is 2.31.